The lowest BCUT2D eigenvalue weighted by Gasteiger charge is -2.33. The second-order valence-corrected chi connectivity index (χ2v) is 5.00. The fourth-order valence-electron chi connectivity index (χ4n) is 2.31. The topological polar surface area (TPSA) is 49.5 Å². The highest BCUT2D eigenvalue weighted by atomic mass is 35.5. The number of hydrogen-bond acceptors (Lipinski definition) is 3. The van der Waals surface area contributed by atoms with Crippen LogP contribution in [0.5, 0.6) is 0 Å². The van der Waals surface area contributed by atoms with E-state index in [9.17, 15) is 0 Å². The molecule has 0 aliphatic carbocycles. The van der Waals surface area contributed by atoms with Crippen molar-refractivity contribution >= 4 is 11.6 Å². The fourth-order valence-corrected chi connectivity index (χ4v) is 2.50. The Labute approximate surface area is 115 Å². The van der Waals surface area contributed by atoms with Crippen LogP contribution in [0.15, 0.2) is 24.3 Å². The van der Waals surface area contributed by atoms with E-state index < -0.39 is 0 Å². The van der Waals surface area contributed by atoms with Gasteiger partial charge < -0.3 is 10.8 Å². The van der Waals surface area contributed by atoms with Crippen LogP contribution in [0.2, 0.25) is 5.02 Å². The molecule has 0 aromatic heterocycles. The molecule has 1 aromatic rings. The van der Waals surface area contributed by atoms with Crippen molar-refractivity contribution in [1.82, 2.24) is 4.90 Å². The average Bonchev–Trinajstić information content (AvgIpc) is 2.33. The number of aliphatic hydroxyl groups excluding tert-OH is 1. The summed E-state index contributed by atoms with van der Waals surface area (Å²) < 4.78 is 0. The van der Waals surface area contributed by atoms with E-state index in [-0.39, 0.29) is 18.7 Å². The maximum absolute atomic E-state index is 8.97. The number of rotatable bonds is 7. The van der Waals surface area contributed by atoms with Gasteiger partial charge in [0.25, 0.3) is 0 Å². The molecule has 1 rings (SSSR count). The van der Waals surface area contributed by atoms with E-state index in [1.54, 1.807) is 0 Å². The number of aliphatic hydroxyl groups is 1. The Morgan fingerprint density at radius 2 is 2.17 bits per heavy atom. The van der Waals surface area contributed by atoms with Crippen molar-refractivity contribution in [2.45, 2.75) is 32.4 Å². The Bertz CT molecular complexity index is 357. The zero-order valence-electron chi connectivity index (χ0n) is 11.1. The van der Waals surface area contributed by atoms with Crippen molar-refractivity contribution in [2.75, 3.05) is 19.7 Å². The third-order valence-electron chi connectivity index (χ3n) is 3.09. The fraction of sp³-hybridized carbons (Fsp3) is 0.571. The second kappa shape index (κ2) is 7.74. The molecule has 1 aromatic carbocycles. The van der Waals surface area contributed by atoms with Crippen LogP contribution >= 0.6 is 11.6 Å². The number of likely N-dealkylation sites (N-methyl/N-ethyl adjacent to an activating group) is 1. The van der Waals surface area contributed by atoms with Gasteiger partial charge in [-0.25, -0.2) is 0 Å². The van der Waals surface area contributed by atoms with Crippen LogP contribution in [0, 0.1) is 0 Å². The molecule has 102 valence electrons. The molecule has 0 saturated carbocycles. The van der Waals surface area contributed by atoms with Crippen LogP contribution in [0.1, 0.15) is 31.9 Å². The highest BCUT2D eigenvalue weighted by molar-refractivity contribution is 6.30. The van der Waals surface area contributed by atoms with E-state index in [1.165, 1.54) is 0 Å². The lowest BCUT2D eigenvalue weighted by atomic mass is 9.99. The van der Waals surface area contributed by atoms with Gasteiger partial charge in [-0.1, -0.05) is 30.7 Å². The molecule has 0 radical (unpaired) electrons. The largest absolute Gasteiger partial charge is 0.396 e. The van der Waals surface area contributed by atoms with E-state index in [1.807, 2.05) is 25.1 Å². The van der Waals surface area contributed by atoms with E-state index in [0.29, 0.717) is 0 Å². The molecule has 18 heavy (non-hydrogen) atoms. The van der Waals surface area contributed by atoms with Crippen molar-refractivity contribution < 1.29 is 5.11 Å². The molecular formula is C14H23ClN2O. The van der Waals surface area contributed by atoms with Crippen LogP contribution in [0.4, 0.5) is 0 Å². The van der Waals surface area contributed by atoms with E-state index in [2.05, 4.69) is 17.9 Å². The highest BCUT2D eigenvalue weighted by Crippen LogP contribution is 2.25. The second-order valence-electron chi connectivity index (χ2n) is 4.56. The molecule has 4 heteroatoms. The summed E-state index contributed by atoms with van der Waals surface area (Å²) in [5.74, 6) is 0. The molecule has 0 aliphatic heterocycles. The molecule has 2 unspecified atom stereocenters. The van der Waals surface area contributed by atoms with Crippen molar-refractivity contribution in [3.63, 3.8) is 0 Å². The zero-order chi connectivity index (χ0) is 13.5. The minimum atomic E-state index is 0.0158. The lowest BCUT2D eigenvalue weighted by Crippen LogP contribution is -2.40. The van der Waals surface area contributed by atoms with Gasteiger partial charge in [0.1, 0.15) is 0 Å². The molecule has 0 fully saturated rings. The molecule has 3 nitrogen and oxygen atoms in total. The summed E-state index contributed by atoms with van der Waals surface area (Å²) in [5, 5.41) is 9.70. The Hall–Kier alpha value is -0.610. The summed E-state index contributed by atoms with van der Waals surface area (Å²) in [5.41, 5.74) is 7.26. The van der Waals surface area contributed by atoms with E-state index in [4.69, 9.17) is 22.4 Å². The SMILES string of the molecule is CCN(CCCO)C(c1cccc(Cl)c1)C(C)N. The van der Waals surface area contributed by atoms with E-state index >= 15 is 0 Å². The Morgan fingerprint density at radius 3 is 2.67 bits per heavy atom. The monoisotopic (exact) mass is 270 g/mol. The van der Waals surface area contributed by atoms with Gasteiger partial charge >= 0.3 is 0 Å². The number of halogens is 1. The Morgan fingerprint density at radius 1 is 1.44 bits per heavy atom. The van der Waals surface area contributed by atoms with Crippen molar-refractivity contribution in [3.8, 4) is 0 Å². The minimum Gasteiger partial charge on any atom is -0.396 e. The molecule has 0 saturated heterocycles. The maximum Gasteiger partial charge on any atom is 0.0496 e. The first-order chi connectivity index (χ1) is 8.60. The molecule has 0 aliphatic rings. The number of hydrogen-bond donors (Lipinski definition) is 2. The molecule has 0 bridgehead atoms. The minimum absolute atomic E-state index is 0.0158. The van der Waals surface area contributed by atoms with Crippen molar-refractivity contribution in [3.05, 3.63) is 34.9 Å². The summed E-state index contributed by atoms with van der Waals surface area (Å²) in [6, 6.07) is 8.00. The first-order valence-electron chi connectivity index (χ1n) is 6.46. The van der Waals surface area contributed by atoms with Crippen LogP contribution in [0.25, 0.3) is 0 Å². The van der Waals surface area contributed by atoms with Gasteiger partial charge in [0, 0.05) is 30.3 Å². The van der Waals surface area contributed by atoms with E-state index in [0.717, 1.165) is 30.1 Å². The highest BCUT2D eigenvalue weighted by Gasteiger charge is 2.22. The van der Waals surface area contributed by atoms with Gasteiger partial charge in [-0.3, -0.25) is 4.90 Å². The third kappa shape index (κ3) is 4.25. The first kappa shape index (κ1) is 15.4. The van der Waals surface area contributed by atoms with Crippen molar-refractivity contribution in [2.24, 2.45) is 5.73 Å². The summed E-state index contributed by atoms with van der Waals surface area (Å²) >= 11 is 6.05. The predicted octanol–water partition coefficient (Wildman–Crippen LogP) is 2.43. The lowest BCUT2D eigenvalue weighted by molar-refractivity contribution is 0.165. The quantitative estimate of drug-likeness (QED) is 0.800. The van der Waals surface area contributed by atoms with Crippen LogP contribution < -0.4 is 5.73 Å². The third-order valence-corrected chi connectivity index (χ3v) is 3.33. The summed E-state index contributed by atoms with van der Waals surface area (Å²) in [7, 11) is 0. The van der Waals surface area contributed by atoms with Gasteiger partial charge in [-0.15, -0.1) is 0 Å². The van der Waals surface area contributed by atoms with Gasteiger partial charge in [0.15, 0.2) is 0 Å². The van der Waals surface area contributed by atoms with Gasteiger partial charge in [-0.2, -0.15) is 0 Å². The van der Waals surface area contributed by atoms with Crippen molar-refractivity contribution in [1.29, 1.82) is 0 Å². The average molecular weight is 271 g/mol. The molecular weight excluding hydrogens is 248 g/mol. The van der Waals surface area contributed by atoms with Crippen LogP contribution in [0.3, 0.4) is 0 Å². The molecule has 2 atom stereocenters. The normalized spacial score (nSPS) is 14.8. The predicted molar refractivity (Wildman–Crippen MR) is 76.8 cm³/mol. The molecule has 3 N–H and O–H groups in total. The Balaban J connectivity index is 2.93. The molecule has 0 spiro atoms. The molecule has 0 amide bonds. The number of nitrogens with two attached hydrogens (primary N) is 1. The van der Waals surface area contributed by atoms with Gasteiger partial charge in [0.05, 0.1) is 0 Å². The summed E-state index contributed by atoms with van der Waals surface area (Å²) in [6.45, 7) is 6.06. The Kier molecular flexibility index (Phi) is 6.65. The summed E-state index contributed by atoms with van der Waals surface area (Å²) in [6.07, 6.45) is 0.762. The number of nitrogens with zero attached hydrogens (tertiary/aromatic N) is 1. The van der Waals surface area contributed by atoms with Crippen LogP contribution in [-0.2, 0) is 0 Å². The van der Waals surface area contributed by atoms with Gasteiger partial charge in [0.2, 0.25) is 0 Å². The number of benzene rings is 1. The van der Waals surface area contributed by atoms with Gasteiger partial charge in [-0.05, 0) is 37.6 Å². The summed E-state index contributed by atoms with van der Waals surface area (Å²) in [4.78, 5) is 2.28. The standard InChI is InChI=1S/C14H23ClN2O/c1-3-17(8-5-9-18)14(11(2)16)12-6-4-7-13(15)10-12/h4,6-7,10-11,14,18H,3,5,8-9,16H2,1-2H3. The maximum atomic E-state index is 8.97. The first-order valence-corrected chi connectivity index (χ1v) is 6.83. The van der Waals surface area contributed by atoms with Crippen LogP contribution in [-0.4, -0.2) is 35.7 Å². The smallest absolute Gasteiger partial charge is 0.0496 e. The zero-order valence-corrected chi connectivity index (χ0v) is 11.9. The molecule has 0 heterocycles.